The van der Waals surface area contributed by atoms with E-state index < -0.39 is 12.5 Å². The van der Waals surface area contributed by atoms with Gasteiger partial charge in [-0.15, -0.1) is 10.2 Å². The third kappa shape index (κ3) is 4.81. The number of hydrogen-bond acceptors (Lipinski definition) is 9. The molecular weight excluding hydrogens is 542 g/mol. The van der Waals surface area contributed by atoms with Gasteiger partial charge < -0.3 is 10.2 Å². The highest BCUT2D eigenvalue weighted by Crippen LogP contribution is 2.35. The molecule has 0 saturated carbocycles. The largest absolute Gasteiger partial charge is 0.377 e. The molecule has 1 saturated heterocycles. The number of tetrazole rings is 1. The first-order chi connectivity index (χ1) is 21.0. The molecule has 0 bridgehead atoms. The number of nitrogens with one attached hydrogen (secondary N) is 1. The molecule has 210 valence electrons. The average molecular weight is 575 g/mol. The van der Waals surface area contributed by atoms with Crippen LogP contribution in [0.3, 0.4) is 0 Å². The molecule has 0 aliphatic carbocycles. The molecule has 12 nitrogen and oxygen atoms in total. The van der Waals surface area contributed by atoms with Crippen molar-refractivity contribution in [3.63, 3.8) is 0 Å². The summed E-state index contributed by atoms with van der Waals surface area (Å²) in [5.41, 5.74) is 2.26. The van der Waals surface area contributed by atoms with E-state index in [0.29, 0.717) is 52.9 Å². The number of anilines is 1. The lowest BCUT2D eigenvalue weighted by Crippen LogP contribution is -2.25. The van der Waals surface area contributed by atoms with Crippen molar-refractivity contribution in [3.8, 4) is 17.6 Å². The van der Waals surface area contributed by atoms with E-state index in [2.05, 4.69) is 41.8 Å². The fourth-order valence-electron chi connectivity index (χ4n) is 5.70. The van der Waals surface area contributed by atoms with Gasteiger partial charge in [0.1, 0.15) is 16.5 Å². The van der Waals surface area contributed by atoms with Crippen molar-refractivity contribution >= 4 is 39.1 Å². The predicted molar refractivity (Wildman–Crippen MR) is 157 cm³/mol. The topological polar surface area (TPSA) is 135 Å². The van der Waals surface area contributed by atoms with E-state index >= 15 is 0 Å². The predicted octanol–water partition coefficient (Wildman–Crippen LogP) is 3.77. The summed E-state index contributed by atoms with van der Waals surface area (Å²) in [5.74, 6) is 0.295. The number of hydrogen-bond donors (Lipinski definition) is 1. The molecule has 4 aromatic heterocycles. The van der Waals surface area contributed by atoms with Crippen LogP contribution in [-0.4, -0.2) is 64.1 Å². The molecule has 1 N–H and O–H groups in total. The van der Waals surface area contributed by atoms with E-state index in [0.717, 1.165) is 28.7 Å². The lowest BCUT2D eigenvalue weighted by molar-refractivity contribution is 0.327. The lowest BCUT2D eigenvalue weighted by Gasteiger charge is -2.21. The molecule has 2 unspecified atom stereocenters. The van der Waals surface area contributed by atoms with Crippen molar-refractivity contribution in [1.82, 2.24) is 44.4 Å². The second kappa shape index (κ2) is 10.6. The first-order valence-corrected chi connectivity index (χ1v) is 13.7. The molecule has 13 heteroatoms. The highest BCUT2D eigenvalue weighted by Gasteiger charge is 2.28. The van der Waals surface area contributed by atoms with E-state index in [1.54, 1.807) is 36.1 Å². The zero-order chi connectivity index (χ0) is 31.3. The van der Waals surface area contributed by atoms with Crippen molar-refractivity contribution in [3.05, 3.63) is 57.1 Å². The Bertz CT molecular complexity index is 1990. The van der Waals surface area contributed by atoms with Crippen molar-refractivity contribution < 1.29 is 4.11 Å². The summed E-state index contributed by atoms with van der Waals surface area (Å²) in [4.78, 5) is 22.0. The molecule has 2 atom stereocenters. The molecule has 0 spiro atoms. The van der Waals surface area contributed by atoms with Crippen LogP contribution in [0.25, 0.3) is 33.3 Å². The number of rotatable bonds is 7. The SMILES string of the molecule is [2H]C([2H])([2H])n1c(=O)c2cc(C)cc(C(C)Nc3ccc(Cl)nc3-c3nnn(C)n3)c2c2cnn(C3CCN(CCC#N)C3)c21. The summed E-state index contributed by atoms with van der Waals surface area (Å²) in [7, 11) is 1.66. The Morgan fingerprint density at radius 3 is 2.93 bits per heavy atom. The van der Waals surface area contributed by atoms with Gasteiger partial charge in [-0.05, 0) is 54.8 Å². The number of aryl methyl sites for hydroxylation is 3. The second-order valence-electron chi connectivity index (χ2n) is 10.4. The Kier molecular flexibility index (Phi) is 6.03. The summed E-state index contributed by atoms with van der Waals surface area (Å²) >= 11 is 6.22. The number of halogens is 1. The van der Waals surface area contributed by atoms with Crippen LogP contribution in [0, 0.1) is 18.3 Å². The van der Waals surface area contributed by atoms with Gasteiger partial charge in [0.2, 0.25) is 5.82 Å². The minimum Gasteiger partial charge on any atom is -0.377 e. The Morgan fingerprint density at radius 1 is 1.32 bits per heavy atom. The second-order valence-corrected chi connectivity index (χ2v) is 10.8. The quantitative estimate of drug-likeness (QED) is 0.288. The first kappa shape index (κ1) is 23.4. The van der Waals surface area contributed by atoms with E-state index in [1.807, 2.05) is 19.9 Å². The first-order valence-electron chi connectivity index (χ1n) is 14.8. The van der Waals surface area contributed by atoms with Crippen LogP contribution in [0.1, 0.15) is 47.1 Å². The van der Waals surface area contributed by atoms with Gasteiger partial charge in [0.05, 0.1) is 31.0 Å². The molecule has 1 aromatic carbocycles. The maximum Gasteiger partial charge on any atom is 0.259 e. The number of likely N-dealkylation sites (tertiary alicyclic amines) is 1. The Morgan fingerprint density at radius 2 is 2.17 bits per heavy atom. The van der Waals surface area contributed by atoms with E-state index in [1.165, 1.54) is 4.80 Å². The number of pyridine rings is 2. The molecular formula is C28H30ClN11O. The van der Waals surface area contributed by atoms with Gasteiger partial charge in [0.25, 0.3) is 5.56 Å². The van der Waals surface area contributed by atoms with Crippen LogP contribution in [-0.2, 0) is 14.0 Å². The monoisotopic (exact) mass is 574 g/mol. The summed E-state index contributed by atoms with van der Waals surface area (Å²) in [5, 5.41) is 31.2. The highest BCUT2D eigenvalue weighted by molar-refractivity contribution is 6.29. The fourth-order valence-corrected chi connectivity index (χ4v) is 5.85. The molecule has 5 aromatic rings. The standard InChI is InChI=1S/C28H30ClN11O/c1-16-12-19(17(2)32-22-6-7-23(29)33-25(22)26-34-36-38(4)35-26)24-20(13-16)28(41)37(3)27-21(24)14-31-40(27)18-8-11-39(15-18)10-5-9-30/h6-7,12-14,17-18,32H,5,8,10-11,15H2,1-4H3/i3D3. The number of aromatic nitrogens is 8. The molecule has 6 rings (SSSR count). The third-order valence-electron chi connectivity index (χ3n) is 7.55. The Balaban J connectivity index is 1.52. The van der Waals surface area contributed by atoms with E-state index in [9.17, 15) is 4.79 Å². The van der Waals surface area contributed by atoms with Gasteiger partial charge in [0.15, 0.2) is 0 Å². The normalized spacial score (nSPS) is 17.8. The van der Waals surface area contributed by atoms with Gasteiger partial charge in [-0.1, -0.05) is 17.7 Å². The van der Waals surface area contributed by atoms with Crippen LogP contribution in [0.4, 0.5) is 5.69 Å². The zero-order valence-corrected chi connectivity index (χ0v) is 23.6. The smallest absolute Gasteiger partial charge is 0.259 e. The molecule has 1 fully saturated rings. The maximum absolute atomic E-state index is 14.1. The van der Waals surface area contributed by atoms with Gasteiger partial charge in [0, 0.05) is 59.3 Å². The van der Waals surface area contributed by atoms with Crippen LogP contribution in [0.15, 0.2) is 35.3 Å². The summed E-state index contributed by atoms with van der Waals surface area (Å²) in [6.07, 6.45) is 2.78. The number of nitriles is 1. The fraction of sp³-hybridized carbons (Fsp3) is 0.393. The molecule has 1 aliphatic heterocycles. The molecule has 41 heavy (non-hydrogen) atoms. The maximum atomic E-state index is 14.1. The van der Waals surface area contributed by atoms with Crippen molar-refractivity contribution in [1.29, 1.82) is 5.26 Å². The van der Waals surface area contributed by atoms with Crippen molar-refractivity contribution in [2.75, 3.05) is 25.0 Å². The number of benzene rings is 1. The zero-order valence-electron chi connectivity index (χ0n) is 25.8. The van der Waals surface area contributed by atoms with Crippen molar-refractivity contribution in [2.45, 2.75) is 38.8 Å². The Labute approximate surface area is 245 Å². The van der Waals surface area contributed by atoms with Gasteiger partial charge >= 0.3 is 0 Å². The van der Waals surface area contributed by atoms with Crippen molar-refractivity contribution in [2.24, 2.45) is 14.0 Å². The average Bonchev–Trinajstić information content (AvgIpc) is 3.72. The summed E-state index contributed by atoms with van der Waals surface area (Å²) in [6.45, 7) is 3.07. The highest BCUT2D eigenvalue weighted by atomic mass is 35.5. The van der Waals surface area contributed by atoms with E-state index in [4.69, 9.17) is 21.0 Å². The molecule has 0 radical (unpaired) electrons. The van der Waals surface area contributed by atoms with Gasteiger partial charge in [-0.2, -0.15) is 15.2 Å². The van der Waals surface area contributed by atoms with Crippen LogP contribution >= 0.6 is 11.6 Å². The summed E-state index contributed by atoms with van der Waals surface area (Å²) < 4.78 is 27.6. The lowest BCUT2D eigenvalue weighted by atomic mass is 9.95. The minimum atomic E-state index is -2.73. The third-order valence-corrected chi connectivity index (χ3v) is 7.76. The number of fused-ring (bicyclic) bond motifs is 3. The Hall–Kier alpha value is -4.34. The minimum absolute atomic E-state index is 0.150. The molecule has 0 amide bonds. The van der Waals surface area contributed by atoms with Gasteiger partial charge in [-0.25, -0.2) is 9.67 Å². The molecule has 5 heterocycles. The number of nitrogens with zero attached hydrogens (tertiary/aromatic N) is 10. The van der Waals surface area contributed by atoms with Crippen LogP contribution < -0.4 is 10.9 Å². The molecule has 1 aliphatic rings. The van der Waals surface area contributed by atoms with E-state index in [-0.39, 0.29) is 22.9 Å². The van der Waals surface area contributed by atoms with Crippen LogP contribution in [0.2, 0.25) is 5.15 Å². The van der Waals surface area contributed by atoms with Gasteiger partial charge in [-0.3, -0.25) is 9.36 Å². The summed E-state index contributed by atoms with van der Waals surface area (Å²) in [6, 6.07) is 8.80. The van der Waals surface area contributed by atoms with Crippen LogP contribution in [0.5, 0.6) is 0 Å².